The van der Waals surface area contributed by atoms with Gasteiger partial charge >= 0.3 is 0 Å². The standard InChI is InChI=1S/C21H24N2O2S/c1-14-8-11-21(15(2)12-14)26(24,25)22-16-9-10-20-18(13-16)17-6-4-5-7-19(17)23(20)3/h4-8,11-12,16,22H,9-10,13H2,1-3H3. The molecule has 1 aliphatic rings. The summed E-state index contributed by atoms with van der Waals surface area (Å²) < 4.78 is 31.0. The van der Waals surface area contributed by atoms with Crippen molar-refractivity contribution in [3.8, 4) is 0 Å². The molecule has 0 bridgehead atoms. The Balaban J connectivity index is 1.64. The largest absolute Gasteiger partial charge is 0.347 e. The molecule has 1 aliphatic carbocycles. The second kappa shape index (κ2) is 6.25. The first-order valence-electron chi connectivity index (χ1n) is 9.01. The van der Waals surface area contributed by atoms with Crippen LogP contribution in [-0.4, -0.2) is 19.0 Å². The zero-order valence-electron chi connectivity index (χ0n) is 15.4. The molecule has 0 saturated carbocycles. The minimum absolute atomic E-state index is 0.0704. The summed E-state index contributed by atoms with van der Waals surface area (Å²) in [4.78, 5) is 0.381. The number of para-hydroxylation sites is 1. The van der Waals surface area contributed by atoms with Crippen molar-refractivity contribution in [2.75, 3.05) is 0 Å². The molecule has 4 nitrogen and oxygen atoms in total. The van der Waals surface area contributed by atoms with Gasteiger partial charge in [-0.1, -0.05) is 35.9 Å². The summed E-state index contributed by atoms with van der Waals surface area (Å²) in [6.07, 6.45) is 2.45. The molecule has 0 saturated heterocycles. The summed E-state index contributed by atoms with van der Waals surface area (Å²) in [5, 5.41) is 1.24. The molecular formula is C21H24N2O2S. The lowest BCUT2D eigenvalue weighted by molar-refractivity contribution is 0.501. The molecule has 0 spiro atoms. The van der Waals surface area contributed by atoms with Gasteiger partial charge in [-0.05, 0) is 56.4 Å². The van der Waals surface area contributed by atoms with Crippen molar-refractivity contribution >= 4 is 20.9 Å². The number of nitrogens with zero attached hydrogens (tertiary/aromatic N) is 1. The Morgan fingerprint density at radius 2 is 1.88 bits per heavy atom. The van der Waals surface area contributed by atoms with Gasteiger partial charge in [0.2, 0.25) is 10.0 Å². The summed E-state index contributed by atoms with van der Waals surface area (Å²) in [7, 11) is -1.41. The van der Waals surface area contributed by atoms with Gasteiger partial charge in [-0.25, -0.2) is 13.1 Å². The zero-order chi connectivity index (χ0) is 18.5. The van der Waals surface area contributed by atoms with Crippen LogP contribution in [0.3, 0.4) is 0 Å². The van der Waals surface area contributed by atoms with Crippen LogP contribution in [0.1, 0.15) is 28.8 Å². The highest BCUT2D eigenvalue weighted by molar-refractivity contribution is 7.89. The maximum Gasteiger partial charge on any atom is 0.241 e. The van der Waals surface area contributed by atoms with Crippen LogP contribution in [0, 0.1) is 13.8 Å². The Labute approximate surface area is 154 Å². The average Bonchev–Trinajstić information content (AvgIpc) is 2.87. The minimum atomic E-state index is -3.51. The van der Waals surface area contributed by atoms with E-state index in [0.29, 0.717) is 4.90 Å². The van der Waals surface area contributed by atoms with Crippen LogP contribution in [-0.2, 0) is 29.9 Å². The predicted molar refractivity (Wildman–Crippen MR) is 105 cm³/mol. The number of aromatic nitrogens is 1. The topological polar surface area (TPSA) is 51.1 Å². The van der Waals surface area contributed by atoms with Gasteiger partial charge in [0, 0.05) is 29.7 Å². The number of benzene rings is 2. The lowest BCUT2D eigenvalue weighted by Gasteiger charge is -2.24. The van der Waals surface area contributed by atoms with Gasteiger partial charge in [0.25, 0.3) is 0 Å². The fourth-order valence-corrected chi connectivity index (χ4v) is 5.71. The van der Waals surface area contributed by atoms with E-state index in [2.05, 4.69) is 28.5 Å². The number of hydrogen-bond donors (Lipinski definition) is 1. The number of sulfonamides is 1. The maximum atomic E-state index is 12.9. The number of fused-ring (bicyclic) bond motifs is 3. The van der Waals surface area contributed by atoms with Crippen molar-refractivity contribution in [2.45, 2.75) is 44.0 Å². The van der Waals surface area contributed by atoms with E-state index in [0.717, 1.165) is 30.4 Å². The Morgan fingerprint density at radius 3 is 2.65 bits per heavy atom. The van der Waals surface area contributed by atoms with Crippen LogP contribution in [0.5, 0.6) is 0 Å². The highest BCUT2D eigenvalue weighted by Gasteiger charge is 2.28. The van der Waals surface area contributed by atoms with Crippen molar-refractivity contribution in [3.63, 3.8) is 0 Å². The molecule has 0 radical (unpaired) electrons. The quantitative estimate of drug-likeness (QED) is 0.767. The first kappa shape index (κ1) is 17.3. The molecule has 1 unspecified atom stereocenters. The van der Waals surface area contributed by atoms with Crippen molar-refractivity contribution in [2.24, 2.45) is 7.05 Å². The lowest BCUT2D eigenvalue weighted by atomic mass is 9.92. The number of aryl methyl sites for hydroxylation is 3. The van der Waals surface area contributed by atoms with Crippen LogP contribution >= 0.6 is 0 Å². The van der Waals surface area contributed by atoms with Crippen LogP contribution in [0.2, 0.25) is 0 Å². The van der Waals surface area contributed by atoms with Crippen molar-refractivity contribution in [1.82, 2.24) is 9.29 Å². The molecule has 26 heavy (non-hydrogen) atoms. The molecule has 0 amide bonds. The normalized spacial score (nSPS) is 17.4. The van der Waals surface area contributed by atoms with Gasteiger partial charge in [-0.2, -0.15) is 0 Å². The van der Waals surface area contributed by atoms with Gasteiger partial charge in [0.1, 0.15) is 0 Å². The van der Waals surface area contributed by atoms with Gasteiger partial charge in [0.15, 0.2) is 0 Å². The second-order valence-electron chi connectivity index (χ2n) is 7.33. The van der Waals surface area contributed by atoms with E-state index in [1.165, 1.54) is 22.2 Å². The Hall–Kier alpha value is -2.11. The minimum Gasteiger partial charge on any atom is -0.347 e. The van der Waals surface area contributed by atoms with E-state index >= 15 is 0 Å². The fraction of sp³-hybridized carbons (Fsp3) is 0.333. The van der Waals surface area contributed by atoms with Crippen LogP contribution in [0.15, 0.2) is 47.4 Å². The third kappa shape index (κ3) is 2.85. The van der Waals surface area contributed by atoms with Gasteiger partial charge < -0.3 is 4.57 Å². The van der Waals surface area contributed by atoms with E-state index in [1.807, 2.05) is 38.1 Å². The predicted octanol–water partition coefficient (Wildman–Crippen LogP) is 3.63. The third-order valence-electron chi connectivity index (χ3n) is 5.47. The molecule has 1 atom stereocenters. The van der Waals surface area contributed by atoms with E-state index in [1.54, 1.807) is 6.07 Å². The van der Waals surface area contributed by atoms with E-state index in [-0.39, 0.29) is 6.04 Å². The molecule has 0 fully saturated rings. The summed E-state index contributed by atoms with van der Waals surface area (Å²) in [5.41, 5.74) is 5.69. The number of hydrogen-bond acceptors (Lipinski definition) is 2. The molecule has 5 heteroatoms. The highest BCUT2D eigenvalue weighted by Crippen LogP contribution is 2.32. The van der Waals surface area contributed by atoms with Crippen LogP contribution < -0.4 is 4.72 Å². The van der Waals surface area contributed by atoms with E-state index in [4.69, 9.17) is 0 Å². The molecular weight excluding hydrogens is 344 g/mol. The molecule has 2 aromatic carbocycles. The Morgan fingerprint density at radius 1 is 1.12 bits per heavy atom. The van der Waals surface area contributed by atoms with Crippen molar-refractivity contribution in [3.05, 3.63) is 64.8 Å². The highest BCUT2D eigenvalue weighted by atomic mass is 32.2. The van der Waals surface area contributed by atoms with E-state index < -0.39 is 10.0 Å². The van der Waals surface area contributed by atoms with Crippen LogP contribution in [0.25, 0.3) is 10.9 Å². The molecule has 136 valence electrons. The fourth-order valence-electron chi connectivity index (χ4n) is 4.21. The number of nitrogens with one attached hydrogen (secondary N) is 1. The monoisotopic (exact) mass is 368 g/mol. The maximum absolute atomic E-state index is 12.9. The first-order chi connectivity index (χ1) is 12.4. The summed E-state index contributed by atoms with van der Waals surface area (Å²) in [5.74, 6) is 0. The summed E-state index contributed by atoms with van der Waals surface area (Å²) >= 11 is 0. The van der Waals surface area contributed by atoms with E-state index in [9.17, 15) is 8.42 Å². The zero-order valence-corrected chi connectivity index (χ0v) is 16.2. The van der Waals surface area contributed by atoms with Crippen LogP contribution in [0.4, 0.5) is 0 Å². The molecule has 1 N–H and O–H groups in total. The molecule has 4 rings (SSSR count). The lowest BCUT2D eigenvalue weighted by Crippen LogP contribution is -2.39. The smallest absolute Gasteiger partial charge is 0.241 e. The molecule has 0 aliphatic heterocycles. The summed E-state index contributed by atoms with van der Waals surface area (Å²) in [6, 6.07) is 13.8. The molecule has 1 heterocycles. The Kier molecular flexibility index (Phi) is 4.16. The van der Waals surface area contributed by atoms with Crippen molar-refractivity contribution in [1.29, 1.82) is 0 Å². The third-order valence-corrected chi connectivity index (χ3v) is 7.15. The SMILES string of the molecule is Cc1ccc(S(=O)(=O)NC2CCc3c(c4ccccc4n3C)C2)c(C)c1. The Bertz CT molecular complexity index is 1100. The molecule has 3 aromatic rings. The number of rotatable bonds is 3. The summed E-state index contributed by atoms with van der Waals surface area (Å²) in [6.45, 7) is 3.82. The first-order valence-corrected chi connectivity index (χ1v) is 10.5. The molecule has 1 aromatic heterocycles. The van der Waals surface area contributed by atoms with Gasteiger partial charge in [0.05, 0.1) is 4.90 Å². The van der Waals surface area contributed by atoms with Crippen molar-refractivity contribution < 1.29 is 8.42 Å². The van der Waals surface area contributed by atoms with Gasteiger partial charge in [-0.3, -0.25) is 0 Å². The van der Waals surface area contributed by atoms with Gasteiger partial charge in [-0.15, -0.1) is 0 Å². The second-order valence-corrected chi connectivity index (χ2v) is 9.01. The average molecular weight is 369 g/mol.